The Hall–Kier alpha value is -5.80. The van der Waals surface area contributed by atoms with Crippen LogP contribution in [-0.4, -0.2) is 19.5 Å². The highest BCUT2D eigenvalue weighted by molar-refractivity contribution is 6.09. The fraction of sp³-hybridized carbons (Fsp3) is 0.0286. The van der Waals surface area contributed by atoms with Crippen molar-refractivity contribution < 1.29 is 4.74 Å². The standard InChI is InChI=1S/C35H19N5O/c36-19-21-12-13-28-23(18-21)22-14-17-37-20-30(22)40(28)29-10-3-7-27-34(29)41-31-11-2-1-6-24(31)35(27)25-8-4-15-38-32(25)33-26(35)9-5-16-39-33/h1-18,20H. The van der Waals surface area contributed by atoms with E-state index in [1.807, 2.05) is 67.1 Å². The summed E-state index contributed by atoms with van der Waals surface area (Å²) in [5.41, 5.74) is 8.83. The zero-order chi connectivity index (χ0) is 27.1. The van der Waals surface area contributed by atoms with Crippen molar-refractivity contribution in [1.82, 2.24) is 19.5 Å². The molecule has 0 radical (unpaired) electrons. The molecular weight excluding hydrogens is 506 g/mol. The van der Waals surface area contributed by atoms with Crippen molar-refractivity contribution in [1.29, 1.82) is 5.26 Å². The molecule has 2 aliphatic rings. The van der Waals surface area contributed by atoms with Crippen molar-refractivity contribution in [3.8, 4) is 34.6 Å². The van der Waals surface area contributed by atoms with Crippen LogP contribution in [0.2, 0.25) is 0 Å². The summed E-state index contributed by atoms with van der Waals surface area (Å²) in [4.78, 5) is 14.1. The molecule has 41 heavy (non-hydrogen) atoms. The minimum absolute atomic E-state index is 0.617. The maximum Gasteiger partial charge on any atom is 0.156 e. The number of hydrogen-bond acceptors (Lipinski definition) is 5. The highest BCUT2D eigenvalue weighted by Crippen LogP contribution is 2.62. The topological polar surface area (TPSA) is 76.6 Å². The predicted molar refractivity (Wildman–Crippen MR) is 156 cm³/mol. The fourth-order valence-corrected chi connectivity index (χ4v) is 6.94. The van der Waals surface area contributed by atoms with Crippen LogP contribution in [0.15, 0.2) is 116 Å². The SMILES string of the molecule is N#Cc1ccc2c(c1)c1ccncc1n2-c1cccc2c1Oc1ccccc1C21c2cccnc2-c2ncccc21. The first-order chi connectivity index (χ1) is 20.3. The van der Waals surface area contributed by atoms with E-state index in [0.29, 0.717) is 5.56 Å². The quantitative estimate of drug-likeness (QED) is 0.225. The molecule has 0 saturated heterocycles. The number of para-hydroxylation sites is 2. The van der Waals surface area contributed by atoms with E-state index in [9.17, 15) is 5.26 Å². The average Bonchev–Trinajstić information content (AvgIpc) is 3.52. The molecule has 1 aliphatic carbocycles. The normalized spacial score (nSPS) is 13.7. The van der Waals surface area contributed by atoms with Gasteiger partial charge in [0.05, 0.1) is 51.4 Å². The molecule has 5 heterocycles. The summed E-state index contributed by atoms with van der Waals surface area (Å²) in [7, 11) is 0. The van der Waals surface area contributed by atoms with E-state index in [4.69, 9.17) is 14.7 Å². The van der Waals surface area contributed by atoms with Crippen LogP contribution >= 0.6 is 0 Å². The van der Waals surface area contributed by atoms with Crippen molar-refractivity contribution in [3.05, 3.63) is 144 Å². The van der Waals surface area contributed by atoms with Crippen LogP contribution in [0, 0.1) is 11.3 Å². The van der Waals surface area contributed by atoms with Crippen molar-refractivity contribution >= 4 is 21.8 Å². The number of fused-ring (bicyclic) bond motifs is 12. The molecule has 6 nitrogen and oxygen atoms in total. The maximum atomic E-state index is 9.62. The van der Waals surface area contributed by atoms with Gasteiger partial charge in [-0.2, -0.15) is 5.26 Å². The smallest absolute Gasteiger partial charge is 0.156 e. The Morgan fingerprint density at radius 2 is 1.44 bits per heavy atom. The number of nitrogens with zero attached hydrogens (tertiary/aromatic N) is 5. The summed E-state index contributed by atoms with van der Waals surface area (Å²) in [5.74, 6) is 1.56. The number of benzene rings is 3. The van der Waals surface area contributed by atoms with Gasteiger partial charge >= 0.3 is 0 Å². The van der Waals surface area contributed by atoms with Crippen LogP contribution in [-0.2, 0) is 5.41 Å². The monoisotopic (exact) mass is 525 g/mol. The second kappa shape index (κ2) is 7.87. The lowest BCUT2D eigenvalue weighted by Crippen LogP contribution is -2.32. The number of nitriles is 1. The lowest BCUT2D eigenvalue weighted by molar-refractivity contribution is 0.434. The van der Waals surface area contributed by atoms with E-state index in [1.54, 1.807) is 6.20 Å². The van der Waals surface area contributed by atoms with Crippen LogP contribution in [0.4, 0.5) is 0 Å². The third-order valence-corrected chi connectivity index (χ3v) is 8.49. The van der Waals surface area contributed by atoms with Gasteiger partial charge in [0, 0.05) is 40.5 Å². The first-order valence-electron chi connectivity index (χ1n) is 13.4. The summed E-state index contributed by atoms with van der Waals surface area (Å²) >= 11 is 0. The second-order valence-corrected chi connectivity index (χ2v) is 10.4. The van der Waals surface area contributed by atoms with Crippen LogP contribution in [0.1, 0.15) is 27.8 Å². The van der Waals surface area contributed by atoms with E-state index in [1.165, 1.54) is 0 Å². The molecular formula is C35H19N5O. The van der Waals surface area contributed by atoms with Crippen LogP contribution < -0.4 is 4.74 Å². The fourth-order valence-electron chi connectivity index (χ4n) is 6.94. The average molecular weight is 526 g/mol. The summed E-state index contributed by atoms with van der Waals surface area (Å²) in [6.07, 6.45) is 7.33. The zero-order valence-corrected chi connectivity index (χ0v) is 21.6. The molecule has 0 fully saturated rings. The van der Waals surface area contributed by atoms with E-state index in [2.05, 4.69) is 58.1 Å². The predicted octanol–water partition coefficient (Wildman–Crippen LogP) is 7.31. The molecule has 0 amide bonds. The first-order valence-corrected chi connectivity index (χ1v) is 13.4. The Morgan fingerprint density at radius 3 is 2.24 bits per heavy atom. The molecule has 0 bridgehead atoms. The Balaban J connectivity index is 1.44. The van der Waals surface area contributed by atoms with Crippen molar-refractivity contribution in [2.75, 3.05) is 0 Å². The van der Waals surface area contributed by atoms with E-state index >= 15 is 0 Å². The van der Waals surface area contributed by atoms with Crippen LogP contribution in [0.5, 0.6) is 11.5 Å². The number of aromatic nitrogens is 4. The van der Waals surface area contributed by atoms with Crippen LogP contribution in [0.25, 0.3) is 38.9 Å². The Kier molecular flexibility index (Phi) is 4.24. The molecule has 0 atom stereocenters. The lowest BCUT2D eigenvalue weighted by Gasteiger charge is -2.39. The van der Waals surface area contributed by atoms with Crippen molar-refractivity contribution in [2.45, 2.75) is 5.41 Å². The van der Waals surface area contributed by atoms with E-state index in [0.717, 1.165) is 72.6 Å². The van der Waals surface area contributed by atoms with Gasteiger partial charge < -0.3 is 9.30 Å². The Bertz CT molecular complexity index is 2230. The molecule has 0 saturated carbocycles. The molecule has 0 unspecified atom stereocenters. The molecule has 7 aromatic rings. The van der Waals surface area contributed by atoms with Crippen LogP contribution in [0.3, 0.4) is 0 Å². The molecule has 9 rings (SSSR count). The molecule has 6 heteroatoms. The molecule has 1 aliphatic heterocycles. The Labute approximate surface area is 234 Å². The summed E-state index contributed by atoms with van der Waals surface area (Å²) in [6.45, 7) is 0. The van der Waals surface area contributed by atoms with Gasteiger partial charge in [-0.15, -0.1) is 0 Å². The first kappa shape index (κ1) is 22.1. The van der Waals surface area contributed by atoms with E-state index < -0.39 is 5.41 Å². The minimum Gasteiger partial charge on any atom is -0.454 e. The summed E-state index contributed by atoms with van der Waals surface area (Å²) in [5, 5.41) is 11.6. The van der Waals surface area contributed by atoms with Gasteiger partial charge in [-0.1, -0.05) is 42.5 Å². The molecule has 0 N–H and O–H groups in total. The maximum absolute atomic E-state index is 9.62. The van der Waals surface area contributed by atoms with Crippen molar-refractivity contribution in [3.63, 3.8) is 0 Å². The second-order valence-electron chi connectivity index (χ2n) is 10.4. The lowest BCUT2D eigenvalue weighted by atomic mass is 9.66. The highest BCUT2D eigenvalue weighted by atomic mass is 16.5. The minimum atomic E-state index is -0.654. The molecule has 190 valence electrons. The number of rotatable bonds is 1. The van der Waals surface area contributed by atoms with Gasteiger partial charge in [-0.25, -0.2) is 0 Å². The number of pyridine rings is 3. The molecule has 3 aromatic carbocycles. The summed E-state index contributed by atoms with van der Waals surface area (Å²) < 4.78 is 9.05. The van der Waals surface area contributed by atoms with Crippen molar-refractivity contribution in [2.24, 2.45) is 0 Å². The largest absolute Gasteiger partial charge is 0.454 e. The highest BCUT2D eigenvalue weighted by Gasteiger charge is 2.52. The van der Waals surface area contributed by atoms with E-state index in [-0.39, 0.29) is 0 Å². The zero-order valence-electron chi connectivity index (χ0n) is 21.6. The molecule has 1 spiro atoms. The van der Waals surface area contributed by atoms with Gasteiger partial charge in [-0.3, -0.25) is 15.0 Å². The third-order valence-electron chi connectivity index (χ3n) is 8.49. The van der Waals surface area contributed by atoms with Gasteiger partial charge in [0.15, 0.2) is 5.75 Å². The summed E-state index contributed by atoms with van der Waals surface area (Å²) in [6, 6.07) is 33.0. The third kappa shape index (κ3) is 2.67. The number of ether oxygens (including phenoxy) is 1. The molecule has 4 aromatic heterocycles. The van der Waals surface area contributed by atoms with Gasteiger partial charge in [-0.05, 0) is 59.7 Å². The van der Waals surface area contributed by atoms with Gasteiger partial charge in [0.2, 0.25) is 0 Å². The van der Waals surface area contributed by atoms with Gasteiger partial charge in [0.1, 0.15) is 5.75 Å². The number of hydrogen-bond donors (Lipinski definition) is 0. The Morgan fingerprint density at radius 1 is 0.683 bits per heavy atom. The van der Waals surface area contributed by atoms with Gasteiger partial charge in [0.25, 0.3) is 0 Å².